The van der Waals surface area contributed by atoms with Crippen molar-refractivity contribution in [1.29, 1.82) is 0 Å². The molecule has 1 atom stereocenters. The third kappa shape index (κ3) is 4.25. The van der Waals surface area contributed by atoms with Crippen LogP contribution in [-0.4, -0.2) is 0 Å². The molecule has 0 heterocycles. The molecular formula is C13H20BrClN2. The van der Waals surface area contributed by atoms with Gasteiger partial charge >= 0.3 is 0 Å². The first kappa shape index (κ1) is 15.0. The number of rotatable bonds is 6. The average molecular weight is 320 g/mol. The van der Waals surface area contributed by atoms with Crippen LogP contribution in [0.15, 0.2) is 22.7 Å². The number of hydrogen-bond acceptors (Lipinski definition) is 2. The minimum atomic E-state index is 0.146. The minimum Gasteiger partial charge on any atom is -0.271 e. The molecule has 0 aliphatic heterocycles. The van der Waals surface area contributed by atoms with Gasteiger partial charge in [0.2, 0.25) is 0 Å². The Morgan fingerprint density at radius 3 is 2.53 bits per heavy atom. The number of hydrogen-bond donors (Lipinski definition) is 2. The molecule has 0 bridgehead atoms. The molecule has 1 rings (SSSR count). The highest BCUT2D eigenvalue weighted by molar-refractivity contribution is 9.10. The lowest BCUT2D eigenvalue weighted by molar-refractivity contribution is 0.374. The van der Waals surface area contributed by atoms with E-state index in [1.807, 2.05) is 18.2 Å². The molecule has 0 aliphatic carbocycles. The summed E-state index contributed by atoms with van der Waals surface area (Å²) in [6.07, 6.45) is 3.38. The molecule has 0 aliphatic rings. The molecule has 96 valence electrons. The van der Waals surface area contributed by atoms with E-state index >= 15 is 0 Å². The summed E-state index contributed by atoms with van der Waals surface area (Å²) in [5.74, 6) is 6.35. The minimum absolute atomic E-state index is 0.146. The SMILES string of the molecule is CCC(CC)CC(NN)c1cc(Cl)ccc1Br. The summed E-state index contributed by atoms with van der Waals surface area (Å²) in [5.41, 5.74) is 4.03. The van der Waals surface area contributed by atoms with Crippen LogP contribution < -0.4 is 11.3 Å². The van der Waals surface area contributed by atoms with Crippen molar-refractivity contribution in [3.63, 3.8) is 0 Å². The van der Waals surface area contributed by atoms with Crippen molar-refractivity contribution in [2.45, 2.75) is 39.2 Å². The quantitative estimate of drug-likeness (QED) is 0.601. The highest BCUT2D eigenvalue weighted by atomic mass is 79.9. The predicted molar refractivity (Wildman–Crippen MR) is 77.9 cm³/mol. The van der Waals surface area contributed by atoms with Crippen LogP contribution in [0.5, 0.6) is 0 Å². The van der Waals surface area contributed by atoms with Crippen LogP contribution in [0.1, 0.15) is 44.7 Å². The molecule has 4 heteroatoms. The van der Waals surface area contributed by atoms with E-state index in [2.05, 4.69) is 35.2 Å². The standard InChI is InChI=1S/C13H20BrClN2/c1-3-9(4-2)7-13(17-16)11-8-10(15)5-6-12(11)14/h5-6,8-9,13,17H,3-4,7,16H2,1-2H3. The van der Waals surface area contributed by atoms with Gasteiger partial charge in [-0.1, -0.05) is 54.2 Å². The Kier molecular flexibility index (Phi) is 6.49. The molecule has 2 nitrogen and oxygen atoms in total. The molecule has 1 aromatic rings. The number of benzene rings is 1. The van der Waals surface area contributed by atoms with Crippen molar-refractivity contribution in [2.75, 3.05) is 0 Å². The molecule has 0 saturated heterocycles. The molecular weight excluding hydrogens is 300 g/mol. The van der Waals surface area contributed by atoms with Crippen LogP contribution in [0.25, 0.3) is 0 Å². The van der Waals surface area contributed by atoms with Gasteiger partial charge in [0.15, 0.2) is 0 Å². The number of nitrogens with two attached hydrogens (primary N) is 1. The fourth-order valence-corrected chi connectivity index (χ4v) is 2.73. The van der Waals surface area contributed by atoms with E-state index in [-0.39, 0.29) is 6.04 Å². The normalized spacial score (nSPS) is 13.1. The molecule has 1 aromatic carbocycles. The smallest absolute Gasteiger partial charge is 0.0474 e. The molecule has 0 aromatic heterocycles. The molecule has 17 heavy (non-hydrogen) atoms. The fourth-order valence-electron chi connectivity index (χ4n) is 2.02. The summed E-state index contributed by atoms with van der Waals surface area (Å²) in [6, 6.07) is 5.96. The van der Waals surface area contributed by atoms with E-state index in [0.717, 1.165) is 21.5 Å². The van der Waals surface area contributed by atoms with Gasteiger partial charge < -0.3 is 0 Å². The number of hydrazine groups is 1. The summed E-state index contributed by atoms with van der Waals surface area (Å²) in [7, 11) is 0. The molecule has 0 radical (unpaired) electrons. The lowest BCUT2D eigenvalue weighted by Crippen LogP contribution is -2.29. The number of halogens is 2. The largest absolute Gasteiger partial charge is 0.271 e. The summed E-state index contributed by atoms with van der Waals surface area (Å²) >= 11 is 9.58. The van der Waals surface area contributed by atoms with Gasteiger partial charge in [0, 0.05) is 15.5 Å². The zero-order valence-electron chi connectivity index (χ0n) is 10.3. The number of nitrogens with one attached hydrogen (secondary N) is 1. The Labute approximate surface area is 117 Å². The van der Waals surface area contributed by atoms with Gasteiger partial charge in [0.1, 0.15) is 0 Å². The van der Waals surface area contributed by atoms with Gasteiger partial charge in [-0.15, -0.1) is 0 Å². The molecule has 0 amide bonds. The van der Waals surface area contributed by atoms with Crippen molar-refractivity contribution in [1.82, 2.24) is 5.43 Å². The van der Waals surface area contributed by atoms with Crippen molar-refractivity contribution in [3.8, 4) is 0 Å². The topological polar surface area (TPSA) is 38.0 Å². The van der Waals surface area contributed by atoms with Gasteiger partial charge in [0.05, 0.1) is 0 Å². The summed E-state index contributed by atoms with van der Waals surface area (Å²) < 4.78 is 1.05. The lowest BCUT2D eigenvalue weighted by Gasteiger charge is -2.22. The average Bonchev–Trinajstić information content (AvgIpc) is 2.34. The molecule has 1 unspecified atom stereocenters. The molecule has 0 spiro atoms. The molecule has 3 N–H and O–H groups in total. The summed E-state index contributed by atoms with van der Waals surface area (Å²) in [4.78, 5) is 0. The maximum absolute atomic E-state index is 6.03. The predicted octanol–water partition coefficient (Wildman–Crippen LogP) is 4.43. The van der Waals surface area contributed by atoms with Crippen molar-refractivity contribution >= 4 is 27.5 Å². The van der Waals surface area contributed by atoms with E-state index in [1.54, 1.807) is 0 Å². The van der Waals surface area contributed by atoms with Gasteiger partial charge in [-0.2, -0.15) is 0 Å². The van der Waals surface area contributed by atoms with Crippen molar-refractivity contribution in [3.05, 3.63) is 33.3 Å². The van der Waals surface area contributed by atoms with E-state index in [1.165, 1.54) is 12.8 Å². The van der Waals surface area contributed by atoms with Gasteiger partial charge in [-0.3, -0.25) is 11.3 Å². The zero-order chi connectivity index (χ0) is 12.8. The second-order valence-corrected chi connectivity index (χ2v) is 5.59. The third-order valence-electron chi connectivity index (χ3n) is 3.26. The molecule has 0 saturated carbocycles. The van der Waals surface area contributed by atoms with E-state index < -0.39 is 0 Å². The van der Waals surface area contributed by atoms with Crippen molar-refractivity contribution in [2.24, 2.45) is 11.8 Å². The maximum atomic E-state index is 6.03. The van der Waals surface area contributed by atoms with Gasteiger partial charge in [0.25, 0.3) is 0 Å². The lowest BCUT2D eigenvalue weighted by atomic mass is 9.91. The van der Waals surface area contributed by atoms with Crippen molar-refractivity contribution < 1.29 is 0 Å². The van der Waals surface area contributed by atoms with Crippen LogP contribution in [0, 0.1) is 5.92 Å². The fraction of sp³-hybridized carbons (Fsp3) is 0.538. The third-order valence-corrected chi connectivity index (χ3v) is 4.22. The van der Waals surface area contributed by atoms with E-state index in [4.69, 9.17) is 17.4 Å². The zero-order valence-corrected chi connectivity index (χ0v) is 12.7. The van der Waals surface area contributed by atoms with Crippen LogP contribution in [0.4, 0.5) is 0 Å². The van der Waals surface area contributed by atoms with Crippen LogP contribution in [0.3, 0.4) is 0 Å². The Balaban J connectivity index is 2.89. The highest BCUT2D eigenvalue weighted by Crippen LogP contribution is 2.31. The Bertz CT molecular complexity index is 353. The molecule has 0 fully saturated rings. The second kappa shape index (κ2) is 7.37. The maximum Gasteiger partial charge on any atom is 0.0474 e. The van der Waals surface area contributed by atoms with Crippen LogP contribution in [-0.2, 0) is 0 Å². The first-order valence-electron chi connectivity index (χ1n) is 6.03. The van der Waals surface area contributed by atoms with Gasteiger partial charge in [-0.25, -0.2) is 0 Å². The van der Waals surface area contributed by atoms with Crippen LogP contribution >= 0.6 is 27.5 Å². The van der Waals surface area contributed by atoms with E-state index in [0.29, 0.717) is 5.92 Å². The Hall–Kier alpha value is -0.0900. The van der Waals surface area contributed by atoms with Crippen LogP contribution in [0.2, 0.25) is 5.02 Å². The van der Waals surface area contributed by atoms with E-state index in [9.17, 15) is 0 Å². The van der Waals surface area contributed by atoms with Gasteiger partial charge in [-0.05, 0) is 36.1 Å². The summed E-state index contributed by atoms with van der Waals surface area (Å²) in [5, 5.41) is 0.744. The Morgan fingerprint density at radius 2 is 2.00 bits per heavy atom. The highest BCUT2D eigenvalue weighted by Gasteiger charge is 2.17. The first-order chi connectivity index (χ1) is 8.12. The second-order valence-electron chi connectivity index (χ2n) is 4.30. The Morgan fingerprint density at radius 1 is 1.35 bits per heavy atom. The first-order valence-corrected chi connectivity index (χ1v) is 7.20. The summed E-state index contributed by atoms with van der Waals surface area (Å²) in [6.45, 7) is 4.43. The monoisotopic (exact) mass is 318 g/mol.